The zero-order valence-electron chi connectivity index (χ0n) is 16.0. The molecule has 1 fully saturated rings. The summed E-state index contributed by atoms with van der Waals surface area (Å²) in [4.78, 5) is 10.4. The molecule has 0 unspecified atom stereocenters. The van der Waals surface area contributed by atoms with Crippen molar-refractivity contribution >= 4 is 22.5 Å². The third-order valence-corrected chi connectivity index (χ3v) is 5.43. The van der Waals surface area contributed by atoms with Crippen LogP contribution in [0, 0.1) is 0 Å². The third-order valence-electron chi connectivity index (χ3n) is 5.43. The lowest BCUT2D eigenvalue weighted by Gasteiger charge is -2.31. The molecule has 1 aromatic carbocycles. The largest absolute Gasteiger partial charge is 0.586 e. The fourth-order valence-corrected chi connectivity index (χ4v) is 4.04. The SMILES string of the molecule is Nc1nc2c3c(ccc2c2nc([C@H]4CCCN(CCC(F)(F)F)C4)nn12)OC(F)(F)O3. The van der Waals surface area contributed by atoms with E-state index in [1.54, 1.807) is 4.90 Å². The van der Waals surface area contributed by atoms with E-state index < -0.39 is 18.9 Å². The van der Waals surface area contributed by atoms with Gasteiger partial charge in [-0.25, -0.2) is 9.97 Å². The minimum absolute atomic E-state index is 0.0640. The summed E-state index contributed by atoms with van der Waals surface area (Å²) in [6.45, 7) is 0.874. The average molecular weight is 444 g/mol. The molecule has 0 aliphatic carbocycles. The fraction of sp³-hybridized carbons (Fsp3) is 0.500. The summed E-state index contributed by atoms with van der Waals surface area (Å²) in [6, 6.07) is 2.83. The van der Waals surface area contributed by atoms with E-state index >= 15 is 0 Å². The molecule has 0 saturated carbocycles. The predicted molar refractivity (Wildman–Crippen MR) is 98.0 cm³/mol. The van der Waals surface area contributed by atoms with E-state index in [9.17, 15) is 22.0 Å². The Labute approximate surface area is 171 Å². The van der Waals surface area contributed by atoms with Gasteiger partial charge in [-0.2, -0.15) is 17.7 Å². The van der Waals surface area contributed by atoms with Gasteiger partial charge in [0.05, 0.1) is 6.42 Å². The van der Waals surface area contributed by atoms with Gasteiger partial charge in [-0.1, -0.05) is 0 Å². The van der Waals surface area contributed by atoms with E-state index in [4.69, 9.17) is 5.73 Å². The second-order valence-electron chi connectivity index (χ2n) is 7.64. The second-order valence-corrected chi connectivity index (χ2v) is 7.64. The van der Waals surface area contributed by atoms with Gasteiger partial charge < -0.3 is 20.1 Å². The smallest absolute Gasteiger partial charge is 0.395 e. The third kappa shape index (κ3) is 3.66. The van der Waals surface area contributed by atoms with Crippen molar-refractivity contribution in [1.29, 1.82) is 0 Å². The molecule has 3 aromatic rings. The van der Waals surface area contributed by atoms with Crippen LogP contribution < -0.4 is 15.2 Å². The average Bonchev–Trinajstić information content (AvgIpc) is 3.27. The molecule has 0 radical (unpaired) electrons. The van der Waals surface area contributed by atoms with Crippen molar-refractivity contribution in [3.05, 3.63) is 18.0 Å². The summed E-state index contributed by atoms with van der Waals surface area (Å²) in [5.74, 6) is -0.257. The summed E-state index contributed by atoms with van der Waals surface area (Å²) in [6.07, 6.45) is -7.47. The highest BCUT2D eigenvalue weighted by Gasteiger charge is 2.45. The van der Waals surface area contributed by atoms with E-state index in [2.05, 4.69) is 24.5 Å². The first-order valence-corrected chi connectivity index (χ1v) is 9.63. The summed E-state index contributed by atoms with van der Waals surface area (Å²) in [7, 11) is 0. The summed E-state index contributed by atoms with van der Waals surface area (Å²) >= 11 is 0. The highest BCUT2D eigenvalue weighted by Crippen LogP contribution is 2.45. The van der Waals surface area contributed by atoms with Crippen molar-refractivity contribution in [2.45, 2.75) is 37.7 Å². The van der Waals surface area contributed by atoms with Gasteiger partial charge in [0.25, 0.3) is 0 Å². The minimum Gasteiger partial charge on any atom is -0.395 e. The number of halogens is 5. The maximum Gasteiger partial charge on any atom is 0.586 e. The summed E-state index contributed by atoms with van der Waals surface area (Å²) < 4.78 is 75.0. The van der Waals surface area contributed by atoms with Crippen LogP contribution in [0.5, 0.6) is 11.5 Å². The maximum absolute atomic E-state index is 13.5. The van der Waals surface area contributed by atoms with Crippen LogP contribution in [0.2, 0.25) is 0 Å². The Morgan fingerprint density at radius 2 is 2.00 bits per heavy atom. The van der Waals surface area contributed by atoms with Gasteiger partial charge in [-0.15, -0.1) is 13.9 Å². The molecule has 0 spiro atoms. The van der Waals surface area contributed by atoms with Crippen molar-refractivity contribution in [2.75, 3.05) is 25.4 Å². The highest BCUT2D eigenvalue weighted by molar-refractivity contribution is 5.97. The molecule has 31 heavy (non-hydrogen) atoms. The normalized spacial score (nSPS) is 21.3. The van der Waals surface area contributed by atoms with Gasteiger partial charge in [-0.3, -0.25) is 0 Å². The number of aromatic nitrogens is 4. The quantitative estimate of drug-likeness (QED) is 0.620. The first-order chi connectivity index (χ1) is 14.6. The van der Waals surface area contributed by atoms with E-state index in [0.29, 0.717) is 42.8 Å². The highest BCUT2D eigenvalue weighted by atomic mass is 19.4. The molecule has 2 aromatic heterocycles. The first kappa shape index (κ1) is 20.0. The molecule has 1 atom stereocenters. The first-order valence-electron chi connectivity index (χ1n) is 9.63. The Morgan fingerprint density at radius 1 is 1.19 bits per heavy atom. The monoisotopic (exact) mass is 444 g/mol. The molecule has 4 heterocycles. The molecule has 1 saturated heterocycles. The van der Waals surface area contributed by atoms with Crippen molar-refractivity contribution in [3.63, 3.8) is 0 Å². The molecular weight excluding hydrogens is 427 g/mol. The van der Waals surface area contributed by atoms with Crippen molar-refractivity contribution < 1.29 is 31.4 Å². The van der Waals surface area contributed by atoms with Crippen LogP contribution in [-0.4, -0.2) is 56.6 Å². The van der Waals surface area contributed by atoms with Crippen LogP contribution in [0.25, 0.3) is 16.6 Å². The van der Waals surface area contributed by atoms with Gasteiger partial charge in [0.2, 0.25) is 5.95 Å². The zero-order chi connectivity index (χ0) is 22.0. The van der Waals surface area contributed by atoms with E-state index in [1.807, 2.05) is 0 Å². The minimum atomic E-state index is -4.21. The number of nitrogens with zero attached hydrogens (tertiary/aromatic N) is 5. The van der Waals surface area contributed by atoms with Gasteiger partial charge >= 0.3 is 12.5 Å². The van der Waals surface area contributed by atoms with Gasteiger partial charge in [0.1, 0.15) is 5.52 Å². The van der Waals surface area contributed by atoms with Gasteiger partial charge in [-0.05, 0) is 31.5 Å². The van der Waals surface area contributed by atoms with Crippen LogP contribution in [-0.2, 0) is 0 Å². The van der Waals surface area contributed by atoms with Crippen molar-refractivity contribution in [1.82, 2.24) is 24.5 Å². The molecule has 0 amide bonds. The number of likely N-dealkylation sites (tertiary alicyclic amines) is 1. The Kier molecular flexibility index (Phi) is 4.36. The molecule has 2 aliphatic rings. The Balaban J connectivity index is 1.49. The fourth-order valence-electron chi connectivity index (χ4n) is 4.04. The molecule has 166 valence electrons. The number of anilines is 1. The molecule has 13 heteroatoms. The summed E-state index contributed by atoms with van der Waals surface area (Å²) in [5.41, 5.74) is 6.34. The lowest BCUT2D eigenvalue weighted by atomic mass is 9.97. The number of hydrogen-bond acceptors (Lipinski definition) is 7. The summed E-state index contributed by atoms with van der Waals surface area (Å²) in [5, 5.41) is 4.79. The van der Waals surface area contributed by atoms with E-state index in [0.717, 1.165) is 0 Å². The second kappa shape index (κ2) is 6.77. The van der Waals surface area contributed by atoms with Gasteiger partial charge in [0, 0.05) is 24.4 Å². The molecular formula is C18H17F5N6O2. The van der Waals surface area contributed by atoms with Crippen LogP contribution in [0.3, 0.4) is 0 Å². The number of piperidine rings is 1. The lowest BCUT2D eigenvalue weighted by molar-refractivity contribution is -0.286. The van der Waals surface area contributed by atoms with Crippen LogP contribution in [0.4, 0.5) is 27.9 Å². The van der Waals surface area contributed by atoms with Crippen LogP contribution in [0.15, 0.2) is 12.1 Å². The number of fused-ring (bicyclic) bond motifs is 5. The number of ether oxygens (including phenoxy) is 2. The zero-order valence-corrected chi connectivity index (χ0v) is 16.0. The van der Waals surface area contributed by atoms with Crippen LogP contribution >= 0.6 is 0 Å². The standard InChI is InChI=1S/C18H17F5N6O2/c19-17(20,21)5-7-28-6-1-2-9(8-28)14-26-15-10-3-4-11-13(31-18(22,23)30-11)12(10)25-16(24)29(15)27-14/h3-4,9H,1-2,5-8H2,(H2,24,25)/t9-/m0/s1. The molecule has 0 bridgehead atoms. The number of nitrogen functional groups attached to an aromatic ring is 1. The molecule has 2 aliphatic heterocycles. The molecule has 5 rings (SSSR count). The Bertz CT molecular complexity index is 1160. The van der Waals surface area contributed by atoms with E-state index in [1.165, 1.54) is 16.6 Å². The Hall–Kier alpha value is -2.96. The lowest BCUT2D eigenvalue weighted by Crippen LogP contribution is -2.37. The Morgan fingerprint density at radius 3 is 2.77 bits per heavy atom. The predicted octanol–water partition coefficient (Wildman–Crippen LogP) is 3.31. The number of nitrogens with two attached hydrogens (primary N) is 1. The van der Waals surface area contributed by atoms with Gasteiger partial charge in [0.15, 0.2) is 23.0 Å². The van der Waals surface area contributed by atoms with Crippen molar-refractivity contribution in [3.8, 4) is 11.5 Å². The van der Waals surface area contributed by atoms with Crippen LogP contribution in [0.1, 0.15) is 31.0 Å². The van der Waals surface area contributed by atoms with Crippen molar-refractivity contribution in [2.24, 2.45) is 0 Å². The number of benzene rings is 1. The van der Waals surface area contributed by atoms with E-state index in [-0.39, 0.29) is 35.4 Å². The number of alkyl halides is 5. The number of hydrogen-bond donors (Lipinski definition) is 1. The number of rotatable bonds is 3. The molecule has 2 N–H and O–H groups in total. The topological polar surface area (TPSA) is 90.8 Å². The molecule has 8 nitrogen and oxygen atoms in total. The maximum atomic E-state index is 13.5.